The lowest BCUT2D eigenvalue weighted by atomic mass is 9.96. The summed E-state index contributed by atoms with van der Waals surface area (Å²) in [4.78, 5) is 14.1. The van der Waals surface area contributed by atoms with Crippen LogP contribution in [-0.2, 0) is 0 Å². The minimum atomic E-state index is -0.519. The second-order valence-corrected chi connectivity index (χ2v) is 5.39. The molecular formula is C16H24ClFN2O2. The normalized spacial score (nSPS) is 15.3. The summed E-state index contributed by atoms with van der Waals surface area (Å²) in [6.07, 6.45) is 1.94. The Balaban J connectivity index is 0.00000242. The Labute approximate surface area is 137 Å². The van der Waals surface area contributed by atoms with Gasteiger partial charge in [-0.3, -0.25) is 4.79 Å². The van der Waals surface area contributed by atoms with Crippen molar-refractivity contribution in [2.24, 2.45) is 5.92 Å². The van der Waals surface area contributed by atoms with E-state index in [0.717, 1.165) is 25.9 Å². The Hall–Kier alpha value is -1.33. The van der Waals surface area contributed by atoms with E-state index in [9.17, 15) is 9.18 Å². The SMILES string of the molecule is CCNCC1CCN(C(=O)c2ccc(OC)cc2F)CC1.Cl. The van der Waals surface area contributed by atoms with Gasteiger partial charge in [-0.1, -0.05) is 6.92 Å². The van der Waals surface area contributed by atoms with E-state index in [2.05, 4.69) is 12.2 Å². The fraction of sp³-hybridized carbons (Fsp3) is 0.562. The molecule has 1 aromatic carbocycles. The van der Waals surface area contributed by atoms with Crippen molar-refractivity contribution >= 4 is 18.3 Å². The van der Waals surface area contributed by atoms with Gasteiger partial charge in [0.1, 0.15) is 11.6 Å². The molecule has 1 aliphatic rings. The van der Waals surface area contributed by atoms with Crippen LogP contribution in [0.1, 0.15) is 30.1 Å². The molecule has 22 heavy (non-hydrogen) atoms. The molecule has 2 rings (SSSR count). The molecule has 0 radical (unpaired) electrons. The molecule has 0 saturated carbocycles. The van der Waals surface area contributed by atoms with Gasteiger partial charge in [-0.05, 0) is 44.0 Å². The van der Waals surface area contributed by atoms with E-state index in [-0.39, 0.29) is 23.9 Å². The fourth-order valence-electron chi connectivity index (χ4n) is 2.66. The molecule has 4 nitrogen and oxygen atoms in total. The largest absolute Gasteiger partial charge is 0.497 e. The number of piperidine rings is 1. The van der Waals surface area contributed by atoms with Crippen LogP contribution in [0.3, 0.4) is 0 Å². The van der Waals surface area contributed by atoms with Crippen molar-refractivity contribution in [2.75, 3.05) is 33.3 Å². The molecule has 1 amide bonds. The van der Waals surface area contributed by atoms with Crippen LogP contribution in [0, 0.1) is 11.7 Å². The minimum Gasteiger partial charge on any atom is -0.497 e. The number of nitrogens with one attached hydrogen (secondary N) is 1. The summed E-state index contributed by atoms with van der Waals surface area (Å²) < 4.78 is 18.9. The van der Waals surface area contributed by atoms with Gasteiger partial charge in [-0.15, -0.1) is 12.4 Å². The molecule has 1 N–H and O–H groups in total. The number of hydrogen-bond donors (Lipinski definition) is 1. The zero-order valence-electron chi connectivity index (χ0n) is 13.1. The van der Waals surface area contributed by atoms with Crippen LogP contribution in [0.15, 0.2) is 18.2 Å². The highest BCUT2D eigenvalue weighted by molar-refractivity contribution is 5.94. The van der Waals surface area contributed by atoms with Gasteiger partial charge in [0.25, 0.3) is 5.91 Å². The fourth-order valence-corrected chi connectivity index (χ4v) is 2.66. The average molecular weight is 331 g/mol. The number of nitrogens with zero attached hydrogens (tertiary/aromatic N) is 1. The molecule has 0 spiro atoms. The molecule has 6 heteroatoms. The Kier molecular flexibility index (Phi) is 7.62. The summed E-state index contributed by atoms with van der Waals surface area (Å²) in [5.74, 6) is 0.286. The Morgan fingerprint density at radius 1 is 1.41 bits per heavy atom. The minimum absolute atomic E-state index is 0. The Bertz CT molecular complexity index is 491. The standard InChI is InChI=1S/C16H23FN2O2.ClH/c1-3-18-11-12-6-8-19(9-7-12)16(20)14-5-4-13(21-2)10-15(14)17;/h4-5,10,12,18H,3,6-9,11H2,1-2H3;1H. The highest BCUT2D eigenvalue weighted by Crippen LogP contribution is 2.21. The Morgan fingerprint density at radius 2 is 2.09 bits per heavy atom. The summed E-state index contributed by atoms with van der Waals surface area (Å²) in [6, 6.07) is 4.38. The van der Waals surface area contributed by atoms with E-state index < -0.39 is 5.82 Å². The van der Waals surface area contributed by atoms with Crippen molar-refractivity contribution < 1.29 is 13.9 Å². The van der Waals surface area contributed by atoms with Crippen LogP contribution >= 0.6 is 12.4 Å². The monoisotopic (exact) mass is 330 g/mol. The van der Waals surface area contributed by atoms with Crippen LogP contribution in [0.5, 0.6) is 5.75 Å². The van der Waals surface area contributed by atoms with Crippen molar-refractivity contribution in [1.29, 1.82) is 0 Å². The molecule has 0 unspecified atom stereocenters. The molecule has 124 valence electrons. The van der Waals surface area contributed by atoms with Crippen molar-refractivity contribution in [1.82, 2.24) is 10.2 Å². The first-order valence-corrected chi connectivity index (χ1v) is 7.49. The predicted octanol–water partition coefficient (Wildman–Crippen LogP) is 2.72. The van der Waals surface area contributed by atoms with Gasteiger partial charge >= 0.3 is 0 Å². The van der Waals surface area contributed by atoms with E-state index in [1.54, 1.807) is 11.0 Å². The summed E-state index contributed by atoms with van der Waals surface area (Å²) >= 11 is 0. The van der Waals surface area contributed by atoms with E-state index in [4.69, 9.17) is 4.74 Å². The molecular weight excluding hydrogens is 307 g/mol. The summed E-state index contributed by atoms with van der Waals surface area (Å²) in [5.41, 5.74) is 0.126. The summed E-state index contributed by atoms with van der Waals surface area (Å²) in [6.45, 7) is 5.44. The van der Waals surface area contributed by atoms with Crippen LogP contribution < -0.4 is 10.1 Å². The van der Waals surface area contributed by atoms with Crippen LogP contribution in [0.25, 0.3) is 0 Å². The molecule has 1 aromatic rings. The maximum atomic E-state index is 13.9. The molecule has 1 fully saturated rings. The third-order valence-electron chi connectivity index (χ3n) is 3.99. The number of carbonyl (C=O) groups excluding carboxylic acids is 1. The van der Waals surface area contributed by atoms with Crippen molar-refractivity contribution in [3.05, 3.63) is 29.6 Å². The van der Waals surface area contributed by atoms with Crippen molar-refractivity contribution in [3.8, 4) is 5.75 Å². The lowest BCUT2D eigenvalue weighted by Gasteiger charge is -2.32. The lowest BCUT2D eigenvalue weighted by molar-refractivity contribution is 0.0685. The van der Waals surface area contributed by atoms with Gasteiger partial charge in [0.2, 0.25) is 0 Å². The number of ether oxygens (including phenoxy) is 1. The average Bonchev–Trinajstić information content (AvgIpc) is 2.52. The lowest BCUT2D eigenvalue weighted by Crippen LogP contribution is -2.41. The summed E-state index contributed by atoms with van der Waals surface area (Å²) in [7, 11) is 1.48. The van der Waals surface area contributed by atoms with E-state index in [1.165, 1.54) is 19.2 Å². The topological polar surface area (TPSA) is 41.6 Å². The first-order chi connectivity index (χ1) is 10.2. The van der Waals surface area contributed by atoms with Gasteiger partial charge in [-0.2, -0.15) is 0 Å². The third kappa shape index (κ3) is 4.58. The number of benzene rings is 1. The van der Waals surface area contributed by atoms with Gasteiger partial charge in [0.15, 0.2) is 0 Å². The van der Waals surface area contributed by atoms with E-state index in [0.29, 0.717) is 24.8 Å². The van der Waals surface area contributed by atoms with Gasteiger partial charge < -0.3 is 15.0 Å². The molecule has 0 aromatic heterocycles. The van der Waals surface area contributed by atoms with Crippen LogP contribution in [0.2, 0.25) is 0 Å². The second-order valence-electron chi connectivity index (χ2n) is 5.39. The Morgan fingerprint density at radius 3 is 2.64 bits per heavy atom. The second kappa shape index (κ2) is 8.96. The van der Waals surface area contributed by atoms with Gasteiger partial charge in [-0.25, -0.2) is 4.39 Å². The molecule has 1 saturated heterocycles. The van der Waals surface area contributed by atoms with Crippen LogP contribution in [-0.4, -0.2) is 44.1 Å². The first-order valence-electron chi connectivity index (χ1n) is 7.49. The van der Waals surface area contributed by atoms with Crippen molar-refractivity contribution in [3.63, 3.8) is 0 Å². The molecule has 0 aliphatic carbocycles. The van der Waals surface area contributed by atoms with Crippen molar-refractivity contribution in [2.45, 2.75) is 19.8 Å². The number of rotatable bonds is 5. The smallest absolute Gasteiger partial charge is 0.256 e. The zero-order valence-corrected chi connectivity index (χ0v) is 13.9. The highest BCUT2D eigenvalue weighted by Gasteiger charge is 2.25. The number of methoxy groups -OCH3 is 1. The van der Waals surface area contributed by atoms with E-state index in [1.807, 2.05) is 0 Å². The number of carbonyl (C=O) groups is 1. The number of halogens is 2. The maximum Gasteiger partial charge on any atom is 0.256 e. The first kappa shape index (κ1) is 18.7. The van der Waals surface area contributed by atoms with Crippen LogP contribution in [0.4, 0.5) is 4.39 Å². The maximum absolute atomic E-state index is 13.9. The third-order valence-corrected chi connectivity index (χ3v) is 3.99. The van der Waals surface area contributed by atoms with Gasteiger partial charge in [0.05, 0.1) is 12.7 Å². The highest BCUT2D eigenvalue weighted by atomic mass is 35.5. The molecule has 0 atom stereocenters. The molecule has 0 bridgehead atoms. The number of hydrogen-bond acceptors (Lipinski definition) is 3. The number of amides is 1. The van der Waals surface area contributed by atoms with Gasteiger partial charge in [0, 0.05) is 19.2 Å². The molecule has 1 heterocycles. The molecule has 1 aliphatic heterocycles. The summed E-state index contributed by atoms with van der Waals surface area (Å²) in [5, 5.41) is 3.34. The van der Waals surface area contributed by atoms with E-state index >= 15 is 0 Å². The quantitative estimate of drug-likeness (QED) is 0.902. The number of likely N-dealkylation sites (tertiary alicyclic amines) is 1. The predicted molar refractivity (Wildman–Crippen MR) is 87.4 cm³/mol. The zero-order chi connectivity index (χ0) is 15.2.